The van der Waals surface area contributed by atoms with Crippen molar-refractivity contribution in [1.82, 2.24) is 20.4 Å². The van der Waals surface area contributed by atoms with E-state index in [1.165, 1.54) is 6.42 Å². The number of nitrogens with zero attached hydrogens (tertiary/aromatic N) is 2. The lowest BCUT2D eigenvalue weighted by molar-refractivity contribution is -0.153. The number of hydrogen-bond donors (Lipinski definition) is 2. The number of carbonyl (C=O) groups excluding carboxylic acids is 3. The Labute approximate surface area is 170 Å². The van der Waals surface area contributed by atoms with Crippen molar-refractivity contribution in [2.45, 2.75) is 51.5 Å². The molecule has 0 aliphatic heterocycles. The predicted octanol–water partition coefficient (Wildman–Crippen LogP) is 2.41. The van der Waals surface area contributed by atoms with E-state index >= 15 is 0 Å². The molecule has 0 spiro atoms. The Morgan fingerprint density at radius 2 is 1.97 bits per heavy atom. The number of aromatic amines is 1. The Bertz CT molecular complexity index is 857. The first kappa shape index (κ1) is 20.8. The summed E-state index contributed by atoms with van der Waals surface area (Å²) in [6, 6.07) is 7.58. The van der Waals surface area contributed by atoms with Crippen LogP contribution in [0.15, 0.2) is 24.3 Å². The Kier molecular flexibility index (Phi) is 7.21. The van der Waals surface area contributed by atoms with Gasteiger partial charge in [0.1, 0.15) is 0 Å². The summed E-state index contributed by atoms with van der Waals surface area (Å²) in [5.74, 6) is -1.02. The van der Waals surface area contributed by atoms with Crippen LogP contribution in [-0.4, -0.2) is 58.6 Å². The van der Waals surface area contributed by atoms with Gasteiger partial charge in [-0.3, -0.25) is 19.5 Å². The maximum absolute atomic E-state index is 12.4. The van der Waals surface area contributed by atoms with Crippen LogP contribution in [0.5, 0.6) is 0 Å². The number of amides is 2. The Balaban J connectivity index is 1.40. The molecule has 0 radical (unpaired) electrons. The van der Waals surface area contributed by atoms with Gasteiger partial charge in [-0.15, -0.1) is 0 Å². The maximum Gasteiger partial charge on any atom is 0.308 e. The van der Waals surface area contributed by atoms with Crippen molar-refractivity contribution < 1.29 is 19.1 Å². The van der Waals surface area contributed by atoms with Crippen molar-refractivity contribution in [3.8, 4) is 0 Å². The highest BCUT2D eigenvalue weighted by atomic mass is 16.5. The van der Waals surface area contributed by atoms with E-state index in [0.29, 0.717) is 6.54 Å². The second-order valence-corrected chi connectivity index (χ2v) is 7.26. The molecule has 1 aliphatic rings. The molecule has 8 heteroatoms. The highest BCUT2D eigenvalue weighted by molar-refractivity contribution is 6.04. The zero-order valence-corrected chi connectivity index (χ0v) is 16.8. The standard InChI is InChI=1S/C21H28N4O4/c1-2-25(15-8-4-3-5-9-15)18(26)14-29-19(27)12-13-22-21(28)20-16-10-6-7-11-17(16)23-24-20/h6-7,10-11,15H,2-5,8-9,12-14H2,1H3,(H,22,28)(H,23,24). The molecule has 1 heterocycles. The molecule has 0 saturated heterocycles. The van der Waals surface area contributed by atoms with Crippen molar-refractivity contribution in [1.29, 1.82) is 0 Å². The van der Waals surface area contributed by atoms with Crippen LogP contribution in [0.25, 0.3) is 10.9 Å². The van der Waals surface area contributed by atoms with E-state index in [1.807, 2.05) is 30.0 Å². The minimum atomic E-state index is -0.509. The molecular formula is C21H28N4O4. The van der Waals surface area contributed by atoms with Gasteiger partial charge in [0, 0.05) is 24.5 Å². The SMILES string of the molecule is CCN(C(=O)COC(=O)CCNC(=O)c1n[nH]c2ccccc12)C1CCCCC1. The summed E-state index contributed by atoms with van der Waals surface area (Å²) in [5.41, 5.74) is 1.06. The van der Waals surface area contributed by atoms with E-state index in [1.54, 1.807) is 6.07 Å². The van der Waals surface area contributed by atoms with Crippen LogP contribution in [0.2, 0.25) is 0 Å². The number of fused-ring (bicyclic) bond motifs is 1. The van der Waals surface area contributed by atoms with Crippen LogP contribution in [0.1, 0.15) is 55.9 Å². The summed E-state index contributed by atoms with van der Waals surface area (Å²) < 4.78 is 5.12. The van der Waals surface area contributed by atoms with Crippen molar-refractivity contribution in [2.75, 3.05) is 19.7 Å². The number of esters is 1. The van der Waals surface area contributed by atoms with Crippen LogP contribution in [0.3, 0.4) is 0 Å². The molecule has 3 rings (SSSR count). The molecule has 0 bridgehead atoms. The number of para-hydroxylation sites is 1. The van der Waals surface area contributed by atoms with Crippen LogP contribution < -0.4 is 5.32 Å². The van der Waals surface area contributed by atoms with E-state index in [4.69, 9.17) is 4.74 Å². The molecule has 1 fully saturated rings. The van der Waals surface area contributed by atoms with Gasteiger partial charge >= 0.3 is 5.97 Å². The van der Waals surface area contributed by atoms with E-state index in [-0.39, 0.29) is 43.1 Å². The third-order valence-corrected chi connectivity index (χ3v) is 5.33. The normalized spacial score (nSPS) is 14.5. The van der Waals surface area contributed by atoms with Gasteiger partial charge < -0.3 is 15.0 Å². The van der Waals surface area contributed by atoms with Gasteiger partial charge in [0.25, 0.3) is 11.8 Å². The van der Waals surface area contributed by atoms with Crippen LogP contribution in [0, 0.1) is 0 Å². The molecule has 1 aromatic carbocycles. The number of rotatable bonds is 8. The number of benzene rings is 1. The number of nitrogens with one attached hydrogen (secondary N) is 2. The number of likely N-dealkylation sites (N-methyl/N-ethyl adjacent to an activating group) is 1. The lowest BCUT2D eigenvalue weighted by Crippen LogP contribution is -2.43. The summed E-state index contributed by atoms with van der Waals surface area (Å²) in [6.45, 7) is 2.44. The van der Waals surface area contributed by atoms with E-state index in [9.17, 15) is 14.4 Å². The molecule has 1 aromatic heterocycles. The number of ether oxygens (including phenoxy) is 1. The van der Waals surface area contributed by atoms with Gasteiger partial charge in [0.15, 0.2) is 12.3 Å². The second-order valence-electron chi connectivity index (χ2n) is 7.26. The number of hydrogen-bond acceptors (Lipinski definition) is 5. The minimum Gasteiger partial charge on any atom is -0.456 e. The lowest BCUT2D eigenvalue weighted by Gasteiger charge is -2.33. The van der Waals surface area contributed by atoms with E-state index in [0.717, 1.165) is 36.6 Å². The van der Waals surface area contributed by atoms with Crippen LogP contribution in [-0.2, 0) is 14.3 Å². The fourth-order valence-electron chi connectivity index (χ4n) is 3.83. The molecular weight excluding hydrogens is 372 g/mol. The monoisotopic (exact) mass is 400 g/mol. The van der Waals surface area contributed by atoms with E-state index < -0.39 is 5.97 Å². The van der Waals surface area contributed by atoms with Crippen LogP contribution in [0.4, 0.5) is 0 Å². The second kappa shape index (κ2) is 10.0. The average Bonchev–Trinajstić information content (AvgIpc) is 3.18. The summed E-state index contributed by atoms with van der Waals surface area (Å²) in [6.07, 6.45) is 5.52. The van der Waals surface area contributed by atoms with Crippen LogP contribution >= 0.6 is 0 Å². The first-order valence-corrected chi connectivity index (χ1v) is 10.3. The smallest absolute Gasteiger partial charge is 0.308 e. The highest BCUT2D eigenvalue weighted by Crippen LogP contribution is 2.22. The molecule has 2 aromatic rings. The summed E-state index contributed by atoms with van der Waals surface area (Å²) in [5, 5.41) is 10.2. The zero-order valence-electron chi connectivity index (χ0n) is 16.8. The largest absolute Gasteiger partial charge is 0.456 e. The number of H-pyrrole nitrogens is 1. The first-order valence-electron chi connectivity index (χ1n) is 10.3. The first-order chi connectivity index (χ1) is 14.1. The fraction of sp³-hybridized carbons (Fsp3) is 0.524. The number of aromatic nitrogens is 2. The maximum atomic E-state index is 12.4. The topological polar surface area (TPSA) is 104 Å². The van der Waals surface area contributed by atoms with Gasteiger partial charge in [-0.05, 0) is 25.8 Å². The zero-order chi connectivity index (χ0) is 20.6. The van der Waals surface area contributed by atoms with Gasteiger partial charge in [0.2, 0.25) is 0 Å². The predicted molar refractivity (Wildman–Crippen MR) is 108 cm³/mol. The molecule has 2 N–H and O–H groups in total. The lowest BCUT2D eigenvalue weighted by atomic mass is 9.94. The quantitative estimate of drug-likeness (QED) is 0.662. The van der Waals surface area contributed by atoms with Crippen molar-refractivity contribution >= 4 is 28.7 Å². The average molecular weight is 400 g/mol. The van der Waals surface area contributed by atoms with Gasteiger partial charge in [-0.1, -0.05) is 37.5 Å². The summed E-state index contributed by atoms with van der Waals surface area (Å²) in [7, 11) is 0. The van der Waals surface area contributed by atoms with Gasteiger partial charge in [-0.2, -0.15) is 5.10 Å². The summed E-state index contributed by atoms with van der Waals surface area (Å²) >= 11 is 0. The molecule has 1 saturated carbocycles. The molecule has 8 nitrogen and oxygen atoms in total. The highest BCUT2D eigenvalue weighted by Gasteiger charge is 2.24. The Morgan fingerprint density at radius 1 is 1.21 bits per heavy atom. The van der Waals surface area contributed by atoms with Crippen molar-refractivity contribution in [2.24, 2.45) is 0 Å². The molecule has 2 amide bonds. The molecule has 156 valence electrons. The fourth-order valence-corrected chi connectivity index (χ4v) is 3.83. The van der Waals surface area contributed by atoms with Crippen molar-refractivity contribution in [3.63, 3.8) is 0 Å². The number of carbonyl (C=O) groups is 3. The third kappa shape index (κ3) is 5.34. The molecule has 0 atom stereocenters. The summed E-state index contributed by atoms with van der Waals surface area (Å²) in [4.78, 5) is 38.4. The molecule has 0 unspecified atom stereocenters. The van der Waals surface area contributed by atoms with E-state index in [2.05, 4.69) is 15.5 Å². The molecule has 1 aliphatic carbocycles. The Hall–Kier alpha value is -2.90. The van der Waals surface area contributed by atoms with Crippen molar-refractivity contribution in [3.05, 3.63) is 30.0 Å². The van der Waals surface area contributed by atoms with Gasteiger partial charge in [0.05, 0.1) is 11.9 Å². The molecule has 29 heavy (non-hydrogen) atoms. The van der Waals surface area contributed by atoms with Gasteiger partial charge in [-0.25, -0.2) is 0 Å². The minimum absolute atomic E-state index is 0.00305. The third-order valence-electron chi connectivity index (χ3n) is 5.33. The Morgan fingerprint density at radius 3 is 2.72 bits per heavy atom.